The number of rotatable bonds is 6. The van der Waals surface area contributed by atoms with Crippen molar-refractivity contribution < 1.29 is 14.3 Å². The topological polar surface area (TPSA) is 64.9 Å². The average Bonchev–Trinajstić information content (AvgIpc) is 3.13. The molecule has 0 unspecified atom stereocenters. The number of fused-ring (bicyclic) bond motifs is 1. The quantitative estimate of drug-likeness (QED) is 0.539. The molecular formula is C23H21N3O3. The van der Waals surface area contributed by atoms with Crippen LogP contribution < -0.4 is 14.8 Å². The third kappa shape index (κ3) is 3.78. The van der Waals surface area contributed by atoms with Crippen molar-refractivity contribution in [3.8, 4) is 22.8 Å². The first-order valence-electron chi connectivity index (χ1n) is 9.23. The number of pyridine rings is 1. The van der Waals surface area contributed by atoms with Crippen molar-refractivity contribution in [3.63, 3.8) is 0 Å². The Kier molecular flexibility index (Phi) is 5.16. The van der Waals surface area contributed by atoms with E-state index in [0.717, 1.165) is 22.5 Å². The molecule has 1 amide bonds. The number of carbonyl (C=O) groups is 1. The molecule has 29 heavy (non-hydrogen) atoms. The molecule has 0 aliphatic rings. The monoisotopic (exact) mass is 387 g/mol. The van der Waals surface area contributed by atoms with Crippen LogP contribution in [0.15, 0.2) is 72.9 Å². The SMILES string of the molecule is COc1ccc(CC(=O)Nc2c(-c3ccccc3)nc3ccccn23)c(OC)c1. The van der Waals surface area contributed by atoms with Crippen LogP contribution >= 0.6 is 0 Å². The Bertz CT molecular complexity index is 1150. The first-order chi connectivity index (χ1) is 14.2. The molecule has 0 bridgehead atoms. The third-order valence-electron chi connectivity index (χ3n) is 4.68. The summed E-state index contributed by atoms with van der Waals surface area (Å²) < 4.78 is 12.5. The van der Waals surface area contributed by atoms with Gasteiger partial charge in [0.15, 0.2) is 0 Å². The summed E-state index contributed by atoms with van der Waals surface area (Å²) in [5.74, 6) is 1.78. The van der Waals surface area contributed by atoms with Gasteiger partial charge in [-0.1, -0.05) is 42.5 Å². The number of nitrogens with one attached hydrogen (secondary N) is 1. The Morgan fingerprint density at radius 1 is 1.00 bits per heavy atom. The summed E-state index contributed by atoms with van der Waals surface area (Å²) >= 11 is 0. The minimum absolute atomic E-state index is 0.156. The Labute approximate surface area is 168 Å². The number of imidazole rings is 1. The molecule has 146 valence electrons. The molecule has 0 radical (unpaired) electrons. The molecule has 0 spiro atoms. The molecule has 0 aliphatic heterocycles. The lowest BCUT2D eigenvalue weighted by Crippen LogP contribution is -2.16. The fourth-order valence-electron chi connectivity index (χ4n) is 3.26. The number of anilines is 1. The predicted molar refractivity (Wildman–Crippen MR) is 113 cm³/mol. The molecule has 0 saturated heterocycles. The molecular weight excluding hydrogens is 366 g/mol. The van der Waals surface area contributed by atoms with E-state index in [9.17, 15) is 4.79 Å². The summed E-state index contributed by atoms with van der Waals surface area (Å²) in [7, 11) is 3.17. The molecule has 1 N–H and O–H groups in total. The van der Waals surface area contributed by atoms with Crippen LogP contribution in [0.2, 0.25) is 0 Å². The standard InChI is InChI=1S/C23H21N3O3/c1-28-18-12-11-17(19(15-18)29-2)14-21(27)25-23-22(16-8-4-3-5-9-16)24-20-10-6-7-13-26(20)23/h3-13,15H,14H2,1-2H3,(H,25,27). The van der Waals surface area contributed by atoms with Crippen molar-refractivity contribution in [2.45, 2.75) is 6.42 Å². The van der Waals surface area contributed by atoms with E-state index >= 15 is 0 Å². The number of hydrogen-bond acceptors (Lipinski definition) is 4. The Hall–Kier alpha value is -3.80. The number of aromatic nitrogens is 2. The van der Waals surface area contributed by atoms with E-state index < -0.39 is 0 Å². The summed E-state index contributed by atoms with van der Waals surface area (Å²) in [6.07, 6.45) is 2.06. The molecule has 6 heteroatoms. The van der Waals surface area contributed by atoms with Crippen LogP contribution in [-0.2, 0) is 11.2 Å². The second kappa shape index (κ2) is 8.06. The minimum atomic E-state index is -0.156. The zero-order valence-electron chi connectivity index (χ0n) is 16.3. The number of ether oxygens (including phenoxy) is 2. The molecule has 6 nitrogen and oxygen atoms in total. The van der Waals surface area contributed by atoms with Crippen LogP contribution in [0.25, 0.3) is 16.9 Å². The fourth-order valence-corrected chi connectivity index (χ4v) is 3.26. The van der Waals surface area contributed by atoms with Crippen molar-refractivity contribution >= 4 is 17.4 Å². The number of amides is 1. The van der Waals surface area contributed by atoms with Gasteiger partial charge in [-0.25, -0.2) is 4.98 Å². The van der Waals surface area contributed by atoms with Gasteiger partial charge in [0.2, 0.25) is 5.91 Å². The van der Waals surface area contributed by atoms with Crippen LogP contribution in [-0.4, -0.2) is 29.5 Å². The maximum atomic E-state index is 12.9. The van der Waals surface area contributed by atoms with Crippen molar-refractivity contribution in [1.29, 1.82) is 0 Å². The smallest absolute Gasteiger partial charge is 0.230 e. The van der Waals surface area contributed by atoms with Crippen molar-refractivity contribution in [2.24, 2.45) is 0 Å². The van der Waals surface area contributed by atoms with Crippen LogP contribution in [0, 0.1) is 0 Å². The van der Waals surface area contributed by atoms with Crippen LogP contribution in [0.1, 0.15) is 5.56 Å². The highest BCUT2D eigenvalue weighted by molar-refractivity contribution is 5.96. The molecule has 2 aromatic heterocycles. The van der Waals surface area contributed by atoms with Gasteiger partial charge in [-0.05, 0) is 18.2 Å². The number of hydrogen-bond donors (Lipinski definition) is 1. The number of methoxy groups -OCH3 is 2. The van der Waals surface area contributed by atoms with Gasteiger partial charge in [-0.2, -0.15) is 0 Å². The van der Waals surface area contributed by atoms with E-state index in [1.165, 1.54) is 0 Å². The maximum absolute atomic E-state index is 12.9. The zero-order chi connectivity index (χ0) is 20.2. The fraction of sp³-hybridized carbons (Fsp3) is 0.130. The molecule has 4 aromatic rings. The van der Waals surface area contributed by atoms with E-state index in [4.69, 9.17) is 14.5 Å². The Morgan fingerprint density at radius 2 is 1.79 bits per heavy atom. The summed E-state index contributed by atoms with van der Waals surface area (Å²) in [5, 5.41) is 3.04. The predicted octanol–water partition coefficient (Wildman–Crippen LogP) is 4.20. The van der Waals surface area contributed by atoms with Crippen molar-refractivity contribution in [3.05, 3.63) is 78.5 Å². The lowest BCUT2D eigenvalue weighted by atomic mass is 10.1. The summed E-state index contributed by atoms with van der Waals surface area (Å²) in [5.41, 5.74) is 3.21. The summed E-state index contributed by atoms with van der Waals surface area (Å²) in [6, 6.07) is 21.0. The highest BCUT2D eigenvalue weighted by Gasteiger charge is 2.17. The highest BCUT2D eigenvalue weighted by atomic mass is 16.5. The second-order valence-electron chi connectivity index (χ2n) is 6.51. The Morgan fingerprint density at radius 3 is 2.55 bits per heavy atom. The molecule has 2 heterocycles. The summed E-state index contributed by atoms with van der Waals surface area (Å²) in [6.45, 7) is 0. The largest absolute Gasteiger partial charge is 0.497 e. The zero-order valence-corrected chi connectivity index (χ0v) is 16.3. The van der Waals surface area contributed by atoms with Crippen molar-refractivity contribution in [1.82, 2.24) is 9.38 Å². The third-order valence-corrected chi connectivity index (χ3v) is 4.68. The average molecular weight is 387 g/mol. The lowest BCUT2D eigenvalue weighted by Gasteiger charge is -2.11. The molecule has 2 aromatic carbocycles. The van der Waals surface area contributed by atoms with Gasteiger partial charge in [-0.15, -0.1) is 0 Å². The van der Waals surface area contributed by atoms with E-state index in [1.54, 1.807) is 20.3 Å². The lowest BCUT2D eigenvalue weighted by molar-refractivity contribution is -0.115. The normalized spacial score (nSPS) is 10.7. The van der Waals surface area contributed by atoms with Gasteiger partial charge in [0.05, 0.1) is 20.6 Å². The van der Waals surface area contributed by atoms with Crippen LogP contribution in [0.3, 0.4) is 0 Å². The van der Waals surface area contributed by atoms with Crippen LogP contribution in [0.5, 0.6) is 11.5 Å². The van der Waals surface area contributed by atoms with Crippen molar-refractivity contribution in [2.75, 3.05) is 19.5 Å². The molecule has 4 rings (SSSR count). The van der Waals surface area contributed by atoms with Gasteiger partial charge < -0.3 is 14.8 Å². The summed E-state index contributed by atoms with van der Waals surface area (Å²) in [4.78, 5) is 17.6. The van der Waals surface area contributed by atoms with Gasteiger partial charge in [0.1, 0.15) is 28.7 Å². The van der Waals surface area contributed by atoms with E-state index in [-0.39, 0.29) is 12.3 Å². The van der Waals surface area contributed by atoms with E-state index in [0.29, 0.717) is 17.3 Å². The molecule has 0 fully saturated rings. The molecule has 0 atom stereocenters. The minimum Gasteiger partial charge on any atom is -0.497 e. The first kappa shape index (κ1) is 18.6. The van der Waals surface area contributed by atoms with Gasteiger partial charge in [0.25, 0.3) is 0 Å². The first-order valence-corrected chi connectivity index (χ1v) is 9.23. The van der Waals surface area contributed by atoms with E-state index in [2.05, 4.69) is 5.32 Å². The Balaban J connectivity index is 1.67. The van der Waals surface area contributed by atoms with Gasteiger partial charge >= 0.3 is 0 Å². The molecule has 0 saturated carbocycles. The van der Waals surface area contributed by atoms with Gasteiger partial charge in [0, 0.05) is 23.4 Å². The second-order valence-corrected chi connectivity index (χ2v) is 6.51. The molecule has 0 aliphatic carbocycles. The van der Waals surface area contributed by atoms with Crippen LogP contribution in [0.4, 0.5) is 5.82 Å². The highest BCUT2D eigenvalue weighted by Crippen LogP contribution is 2.29. The number of nitrogens with zero attached hydrogens (tertiary/aromatic N) is 2. The maximum Gasteiger partial charge on any atom is 0.230 e. The number of carbonyl (C=O) groups excluding carboxylic acids is 1. The number of benzene rings is 2. The van der Waals surface area contributed by atoms with E-state index in [1.807, 2.05) is 71.3 Å². The van der Waals surface area contributed by atoms with Gasteiger partial charge in [-0.3, -0.25) is 9.20 Å².